The standard InChI is InChI=1S/C10H10FNO/c11-9-3-1-2-4-10(9)12(7-13)8-5-6-8/h1-4,7-8H,5-6H2. The van der Waals surface area contributed by atoms with Crippen LogP contribution in [-0.4, -0.2) is 12.5 Å². The van der Waals surface area contributed by atoms with Crippen LogP contribution in [0.1, 0.15) is 12.8 Å². The minimum absolute atomic E-state index is 0.217. The molecule has 2 nitrogen and oxygen atoms in total. The Morgan fingerprint density at radius 2 is 2.08 bits per heavy atom. The molecule has 0 saturated heterocycles. The second-order valence-corrected chi connectivity index (χ2v) is 3.20. The first-order valence-corrected chi connectivity index (χ1v) is 4.31. The number of para-hydroxylation sites is 1. The Balaban J connectivity index is 2.31. The molecular formula is C10H10FNO. The Morgan fingerprint density at radius 1 is 1.38 bits per heavy atom. The smallest absolute Gasteiger partial charge is 0.214 e. The number of halogens is 1. The molecular weight excluding hydrogens is 169 g/mol. The van der Waals surface area contributed by atoms with Crippen LogP contribution < -0.4 is 4.90 Å². The average Bonchev–Trinajstić information content (AvgIpc) is 2.93. The predicted octanol–water partition coefficient (Wildman–Crippen LogP) is 1.95. The highest BCUT2D eigenvalue weighted by Crippen LogP contribution is 2.31. The van der Waals surface area contributed by atoms with Gasteiger partial charge in [0.05, 0.1) is 5.69 Å². The molecule has 1 aliphatic rings. The van der Waals surface area contributed by atoms with E-state index in [2.05, 4.69) is 0 Å². The summed E-state index contributed by atoms with van der Waals surface area (Å²) in [6.07, 6.45) is 2.66. The lowest BCUT2D eigenvalue weighted by Crippen LogP contribution is -2.24. The Morgan fingerprint density at radius 3 is 2.62 bits per heavy atom. The molecule has 13 heavy (non-hydrogen) atoms. The maximum absolute atomic E-state index is 13.2. The lowest BCUT2D eigenvalue weighted by molar-refractivity contribution is -0.107. The number of hydrogen-bond donors (Lipinski definition) is 0. The van der Waals surface area contributed by atoms with Gasteiger partial charge in [0.15, 0.2) is 0 Å². The highest BCUT2D eigenvalue weighted by atomic mass is 19.1. The third kappa shape index (κ3) is 1.54. The third-order valence-corrected chi connectivity index (χ3v) is 2.18. The molecule has 0 bridgehead atoms. The highest BCUT2D eigenvalue weighted by molar-refractivity contribution is 5.77. The van der Waals surface area contributed by atoms with Crippen LogP contribution >= 0.6 is 0 Å². The summed E-state index contributed by atoms with van der Waals surface area (Å²) in [6.45, 7) is 0. The summed E-state index contributed by atoms with van der Waals surface area (Å²) in [4.78, 5) is 12.2. The fraction of sp³-hybridized carbons (Fsp3) is 0.300. The first-order valence-electron chi connectivity index (χ1n) is 4.31. The van der Waals surface area contributed by atoms with Crippen LogP contribution in [0.25, 0.3) is 0 Å². The normalized spacial score (nSPS) is 15.5. The number of carbonyl (C=O) groups excluding carboxylic acids is 1. The Kier molecular flexibility index (Phi) is 2.00. The molecule has 2 rings (SSSR count). The first kappa shape index (κ1) is 8.23. The van der Waals surface area contributed by atoms with Crippen molar-refractivity contribution in [2.75, 3.05) is 4.90 Å². The topological polar surface area (TPSA) is 20.3 Å². The van der Waals surface area contributed by atoms with Gasteiger partial charge in [0.1, 0.15) is 5.82 Å². The predicted molar refractivity (Wildman–Crippen MR) is 48.0 cm³/mol. The van der Waals surface area contributed by atoms with E-state index in [4.69, 9.17) is 0 Å². The summed E-state index contributed by atoms with van der Waals surface area (Å²) in [5.41, 5.74) is 0.389. The molecule has 0 spiro atoms. The molecule has 1 aromatic rings. The quantitative estimate of drug-likeness (QED) is 0.649. The van der Waals surface area contributed by atoms with Crippen molar-refractivity contribution < 1.29 is 9.18 Å². The number of amides is 1. The fourth-order valence-corrected chi connectivity index (χ4v) is 1.35. The molecule has 0 unspecified atom stereocenters. The van der Waals surface area contributed by atoms with E-state index in [0.29, 0.717) is 12.1 Å². The van der Waals surface area contributed by atoms with Gasteiger partial charge in [-0.2, -0.15) is 0 Å². The van der Waals surface area contributed by atoms with E-state index in [0.717, 1.165) is 12.8 Å². The van der Waals surface area contributed by atoms with E-state index >= 15 is 0 Å². The molecule has 1 aromatic carbocycles. The van der Waals surface area contributed by atoms with Crippen LogP contribution in [0.3, 0.4) is 0 Å². The van der Waals surface area contributed by atoms with Gasteiger partial charge in [0.25, 0.3) is 0 Å². The minimum atomic E-state index is -0.332. The Labute approximate surface area is 76.0 Å². The summed E-state index contributed by atoms with van der Waals surface area (Å²) in [5, 5.41) is 0. The molecule has 0 atom stereocenters. The van der Waals surface area contributed by atoms with Crippen LogP contribution in [0.5, 0.6) is 0 Å². The maximum Gasteiger partial charge on any atom is 0.214 e. The summed E-state index contributed by atoms with van der Waals surface area (Å²) in [5.74, 6) is -0.332. The largest absolute Gasteiger partial charge is 0.309 e. The molecule has 0 heterocycles. The molecule has 1 aliphatic carbocycles. The maximum atomic E-state index is 13.2. The zero-order valence-corrected chi connectivity index (χ0v) is 7.11. The molecule has 0 radical (unpaired) electrons. The fourth-order valence-electron chi connectivity index (χ4n) is 1.35. The number of hydrogen-bond acceptors (Lipinski definition) is 1. The molecule has 1 amide bonds. The van der Waals surface area contributed by atoms with Crippen molar-refractivity contribution in [3.63, 3.8) is 0 Å². The Hall–Kier alpha value is -1.38. The lowest BCUT2D eigenvalue weighted by atomic mass is 10.3. The van der Waals surface area contributed by atoms with E-state index in [9.17, 15) is 9.18 Å². The SMILES string of the molecule is O=CN(c1ccccc1F)C1CC1. The van der Waals surface area contributed by atoms with Gasteiger partial charge in [-0.1, -0.05) is 12.1 Å². The number of anilines is 1. The molecule has 3 heteroatoms. The van der Waals surface area contributed by atoms with Gasteiger partial charge in [0.2, 0.25) is 6.41 Å². The molecule has 1 fully saturated rings. The van der Waals surface area contributed by atoms with E-state index in [1.165, 1.54) is 11.0 Å². The van der Waals surface area contributed by atoms with Gasteiger partial charge in [-0.25, -0.2) is 4.39 Å². The van der Waals surface area contributed by atoms with E-state index < -0.39 is 0 Å². The van der Waals surface area contributed by atoms with Crippen molar-refractivity contribution >= 4 is 12.1 Å². The van der Waals surface area contributed by atoms with Gasteiger partial charge >= 0.3 is 0 Å². The lowest BCUT2D eigenvalue weighted by Gasteiger charge is -2.16. The monoisotopic (exact) mass is 179 g/mol. The summed E-state index contributed by atoms with van der Waals surface area (Å²) in [7, 11) is 0. The zero-order valence-electron chi connectivity index (χ0n) is 7.11. The zero-order chi connectivity index (χ0) is 9.26. The van der Waals surface area contributed by atoms with Crippen LogP contribution in [0.4, 0.5) is 10.1 Å². The third-order valence-electron chi connectivity index (χ3n) is 2.18. The van der Waals surface area contributed by atoms with Crippen molar-refractivity contribution in [1.82, 2.24) is 0 Å². The van der Waals surface area contributed by atoms with Crippen molar-refractivity contribution in [3.05, 3.63) is 30.1 Å². The van der Waals surface area contributed by atoms with Gasteiger partial charge < -0.3 is 4.90 Å². The van der Waals surface area contributed by atoms with Crippen LogP contribution in [0, 0.1) is 5.82 Å². The summed E-state index contributed by atoms with van der Waals surface area (Å²) < 4.78 is 13.2. The first-order chi connectivity index (χ1) is 6.33. The second kappa shape index (κ2) is 3.17. The van der Waals surface area contributed by atoms with Crippen LogP contribution in [0.2, 0.25) is 0 Å². The number of carbonyl (C=O) groups is 1. The second-order valence-electron chi connectivity index (χ2n) is 3.20. The molecule has 0 N–H and O–H groups in total. The average molecular weight is 179 g/mol. The number of rotatable bonds is 3. The molecule has 1 saturated carbocycles. The van der Waals surface area contributed by atoms with E-state index in [1.807, 2.05) is 0 Å². The summed E-state index contributed by atoms with van der Waals surface area (Å²) >= 11 is 0. The van der Waals surface area contributed by atoms with Crippen molar-refractivity contribution in [1.29, 1.82) is 0 Å². The van der Waals surface area contributed by atoms with E-state index in [-0.39, 0.29) is 11.9 Å². The number of nitrogens with zero attached hydrogens (tertiary/aromatic N) is 1. The van der Waals surface area contributed by atoms with Gasteiger partial charge in [0, 0.05) is 6.04 Å². The Bertz CT molecular complexity index is 322. The number of benzene rings is 1. The highest BCUT2D eigenvalue weighted by Gasteiger charge is 2.30. The van der Waals surface area contributed by atoms with Gasteiger partial charge in [-0.3, -0.25) is 4.79 Å². The van der Waals surface area contributed by atoms with Gasteiger partial charge in [-0.15, -0.1) is 0 Å². The minimum Gasteiger partial charge on any atom is -0.309 e. The van der Waals surface area contributed by atoms with Crippen molar-refractivity contribution in [3.8, 4) is 0 Å². The van der Waals surface area contributed by atoms with Crippen LogP contribution in [-0.2, 0) is 4.79 Å². The molecule has 0 aliphatic heterocycles. The van der Waals surface area contributed by atoms with E-state index in [1.54, 1.807) is 18.2 Å². The van der Waals surface area contributed by atoms with Crippen molar-refractivity contribution in [2.45, 2.75) is 18.9 Å². The molecule has 68 valence electrons. The van der Waals surface area contributed by atoms with Crippen LogP contribution in [0.15, 0.2) is 24.3 Å². The summed E-state index contributed by atoms with van der Waals surface area (Å²) in [6, 6.07) is 6.57. The van der Waals surface area contributed by atoms with Gasteiger partial charge in [-0.05, 0) is 25.0 Å². The molecule has 0 aromatic heterocycles. The van der Waals surface area contributed by atoms with Crippen molar-refractivity contribution in [2.24, 2.45) is 0 Å².